The number of aromatic nitrogens is 2. The summed E-state index contributed by atoms with van der Waals surface area (Å²) in [5.41, 5.74) is -0.128. The van der Waals surface area contributed by atoms with E-state index in [9.17, 15) is 4.79 Å². The van der Waals surface area contributed by atoms with Crippen LogP contribution >= 0.6 is 22.6 Å². The van der Waals surface area contributed by atoms with Crippen LogP contribution < -0.4 is 10.9 Å². The topological polar surface area (TPSA) is 78.0 Å². The summed E-state index contributed by atoms with van der Waals surface area (Å²) in [6.45, 7) is 3.06. The highest BCUT2D eigenvalue weighted by Crippen LogP contribution is 2.14. The van der Waals surface area contributed by atoms with Gasteiger partial charge in [0.25, 0.3) is 5.56 Å². The van der Waals surface area contributed by atoms with Gasteiger partial charge in [0.15, 0.2) is 0 Å². The number of aliphatic hydroxyl groups is 1. The van der Waals surface area contributed by atoms with Crippen molar-refractivity contribution in [2.24, 2.45) is 5.92 Å². The summed E-state index contributed by atoms with van der Waals surface area (Å²) in [6.07, 6.45) is 4.33. The quantitative estimate of drug-likeness (QED) is 0.652. The van der Waals surface area contributed by atoms with Gasteiger partial charge in [0.1, 0.15) is 9.39 Å². The highest BCUT2D eigenvalue weighted by atomic mass is 127. The van der Waals surface area contributed by atoms with Crippen LogP contribution in [-0.2, 0) is 0 Å². The van der Waals surface area contributed by atoms with E-state index in [2.05, 4.69) is 22.2 Å². The van der Waals surface area contributed by atoms with Crippen molar-refractivity contribution in [3.05, 3.63) is 20.3 Å². The Morgan fingerprint density at radius 2 is 2.35 bits per heavy atom. The Morgan fingerprint density at radius 1 is 1.59 bits per heavy atom. The fraction of sp³-hybridized carbons (Fsp3) is 0.636. The van der Waals surface area contributed by atoms with E-state index in [4.69, 9.17) is 5.11 Å². The first-order valence-electron chi connectivity index (χ1n) is 5.77. The van der Waals surface area contributed by atoms with Crippen molar-refractivity contribution in [3.63, 3.8) is 0 Å². The lowest BCUT2D eigenvalue weighted by molar-refractivity contribution is 0.255. The Morgan fingerprint density at radius 3 is 3.00 bits per heavy atom. The lowest BCUT2D eigenvalue weighted by atomic mass is 10.0. The van der Waals surface area contributed by atoms with Crippen molar-refractivity contribution in [1.29, 1.82) is 0 Å². The molecule has 1 aromatic rings. The van der Waals surface area contributed by atoms with Crippen molar-refractivity contribution in [2.45, 2.75) is 26.2 Å². The molecule has 17 heavy (non-hydrogen) atoms. The predicted molar refractivity (Wildman–Crippen MR) is 76.2 cm³/mol. The average Bonchev–Trinajstić information content (AvgIpc) is 2.31. The van der Waals surface area contributed by atoms with Crippen LogP contribution in [0.1, 0.15) is 26.2 Å². The van der Waals surface area contributed by atoms with Crippen LogP contribution in [0.3, 0.4) is 0 Å². The van der Waals surface area contributed by atoms with E-state index in [1.807, 2.05) is 22.6 Å². The minimum atomic E-state index is -0.128. The molecule has 1 unspecified atom stereocenters. The SMILES string of the molecule is CCCC(CCO)CNc1nc[nH]c(=O)c1I. The molecule has 5 nitrogen and oxygen atoms in total. The van der Waals surface area contributed by atoms with Gasteiger partial charge >= 0.3 is 0 Å². The summed E-state index contributed by atoms with van der Waals surface area (Å²) < 4.78 is 0.573. The molecule has 3 N–H and O–H groups in total. The molecule has 1 atom stereocenters. The van der Waals surface area contributed by atoms with Gasteiger partial charge in [-0.15, -0.1) is 0 Å². The fourth-order valence-electron chi connectivity index (χ4n) is 1.69. The maximum atomic E-state index is 11.4. The zero-order valence-corrected chi connectivity index (χ0v) is 12.0. The van der Waals surface area contributed by atoms with E-state index in [-0.39, 0.29) is 12.2 Å². The number of anilines is 1. The number of H-pyrrole nitrogens is 1. The average molecular weight is 351 g/mol. The maximum absolute atomic E-state index is 11.4. The van der Waals surface area contributed by atoms with Crippen LogP contribution in [0, 0.1) is 9.49 Å². The van der Waals surface area contributed by atoms with E-state index in [0.717, 1.165) is 25.8 Å². The molecular weight excluding hydrogens is 333 g/mol. The Balaban J connectivity index is 2.58. The number of hydrogen-bond acceptors (Lipinski definition) is 4. The van der Waals surface area contributed by atoms with Gasteiger partial charge in [-0.1, -0.05) is 13.3 Å². The van der Waals surface area contributed by atoms with Gasteiger partial charge in [0.05, 0.1) is 6.33 Å². The molecule has 0 radical (unpaired) electrons. The van der Waals surface area contributed by atoms with Gasteiger partial charge in [-0.3, -0.25) is 4.79 Å². The summed E-state index contributed by atoms with van der Waals surface area (Å²) in [5.74, 6) is 1.04. The summed E-state index contributed by atoms with van der Waals surface area (Å²) in [6, 6.07) is 0. The molecule has 0 aliphatic carbocycles. The third-order valence-electron chi connectivity index (χ3n) is 2.59. The number of rotatable bonds is 7. The summed E-state index contributed by atoms with van der Waals surface area (Å²) in [5, 5.41) is 12.1. The molecule has 1 aromatic heterocycles. The van der Waals surface area contributed by atoms with Crippen molar-refractivity contribution >= 4 is 28.4 Å². The number of aliphatic hydroxyl groups excluding tert-OH is 1. The third kappa shape index (κ3) is 4.63. The molecule has 0 aliphatic heterocycles. The molecular formula is C11H18IN3O2. The second-order valence-corrected chi connectivity index (χ2v) is 5.02. The number of aromatic amines is 1. The fourth-order valence-corrected chi connectivity index (χ4v) is 2.17. The minimum Gasteiger partial charge on any atom is -0.396 e. The van der Waals surface area contributed by atoms with E-state index >= 15 is 0 Å². The Bertz CT molecular complexity index is 389. The third-order valence-corrected chi connectivity index (χ3v) is 3.59. The summed E-state index contributed by atoms with van der Waals surface area (Å²) in [4.78, 5) is 18.0. The van der Waals surface area contributed by atoms with Gasteiger partial charge in [-0.05, 0) is 41.4 Å². The number of hydrogen-bond donors (Lipinski definition) is 3. The monoisotopic (exact) mass is 351 g/mol. The Kier molecular flexibility index (Phi) is 6.49. The van der Waals surface area contributed by atoms with Crippen LogP contribution in [0.4, 0.5) is 5.82 Å². The van der Waals surface area contributed by atoms with E-state index in [1.165, 1.54) is 6.33 Å². The molecule has 6 heteroatoms. The van der Waals surface area contributed by atoms with Crippen LogP contribution in [0.2, 0.25) is 0 Å². The number of nitrogens with one attached hydrogen (secondary N) is 2. The first kappa shape index (κ1) is 14.4. The number of halogens is 1. The summed E-state index contributed by atoms with van der Waals surface area (Å²) in [7, 11) is 0. The molecule has 0 spiro atoms. The van der Waals surface area contributed by atoms with Gasteiger partial charge in [0.2, 0.25) is 0 Å². The molecule has 0 fully saturated rings. The zero-order chi connectivity index (χ0) is 12.7. The predicted octanol–water partition coefficient (Wildman–Crippen LogP) is 1.59. The molecule has 0 amide bonds. The van der Waals surface area contributed by atoms with Crippen molar-refractivity contribution in [3.8, 4) is 0 Å². The van der Waals surface area contributed by atoms with Gasteiger partial charge in [-0.25, -0.2) is 4.98 Å². The van der Waals surface area contributed by atoms with Gasteiger partial charge in [-0.2, -0.15) is 0 Å². The normalized spacial score (nSPS) is 12.4. The van der Waals surface area contributed by atoms with Crippen molar-refractivity contribution in [1.82, 2.24) is 9.97 Å². The molecule has 96 valence electrons. The highest BCUT2D eigenvalue weighted by Gasteiger charge is 2.09. The molecule has 0 aromatic carbocycles. The van der Waals surface area contributed by atoms with Crippen LogP contribution in [0.15, 0.2) is 11.1 Å². The van der Waals surface area contributed by atoms with Crippen LogP contribution in [0.25, 0.3) is 0 Å². The maximum Gasteiger partial charge on any atom is 0.266 e. The second-order valence-electron chi connectivity index (χ2n) is 3.94. The summed E-state index contributed by atoms with van der Waals surface area (Å²) >= 11 is 1.98. The standard InChI is InChI=1S/C11H18IN3O2/c1-2-3-8(4-5-16)6-13-10-9(12)11(17)15-7-14-10/h7-8,16H,2-6H2,1H3,(H2,13,14,15,17). The van der Waals surface area contributed by atoms with Crippen LogP contribution in [0.5, 0.6) is 0 Å². The van der Waals surface area contributed by atoms with E-state index < -0.39 is 0 Å². The number of nitrogens with zero attached hydrogens (tertiary/aromatic N) is 1. The molecule has 1 rings (SSSR count). The Hall–Kier alpha value is -0.630. The molecule has 0 saturated heterocycles. The molecule has 0 saturated carbocycles. The first-order chi connectivity index (χ1) is 8.19. The highest BCUT2D eigenvalue weighted by molar-refractivity contribution is 14.1. The Labute approximate surface area is 114 Å². The van der Waals surface area contributed by atoms with Gasteiger partial charge < -0.3 is 15.4 Å². The molecule has 0 bridgehead atoms. The van der Waals surface area contributed by atoms with E-state index in [1.54, 1.807) is 0 Å². The largest absolute Gasteiger partial charge is 0.396 e. The first-order valence-corrected chi connectivity index (χ1v) is 6.84. The van der Waals surface area contributed by atoms with Gasteiger partial charge in [0, 0.05) is 13.2 Å². The lowest BCUT2D eigenvalue weighted by Gasteiger charge is -2.16. The molecule has 1 heterocycles. The minimum absolute atomic E-state index is 0.128. The van der Waals surface area contributed by atoms with E-state index in [0.29, 0.717) is 15.3 Å². The van der Waals surface area contributed by atoms with Crippen molar-refractivity contribution in [2.75, 3.05) is 18.5 Å². The smallest absolute Gasteiger partial charge is 0.266 e. The second kappa shape index (κ2) is 7.65. The lowest BCUT2D eigenvalue weighted by Crippen LogP contribution is -2.20. The van der Waals surface area contributed by atoms with Crippen molar-refractivity contribution < 1.29 is 5.11 Å². The van der Waals surface area contributed by atoms with Crippen LogP contribution in [-0.4, -0.2) is 28.2 Å². The molecule has 0 aliphatic rings. The zero-order valence-electron chi connectivity index (χ0n) is 9.87.